The minimum Gasteiger partial charge on any atom is -0.338 e. The summed E-state index contributed by atoms with van der Waals surface area (Å²) in [4.78, 5) is 9.71. The Morgan fingerprint density at radius 2 is 2.00 bits per heavy atom. The van der Waals surface area contributed by atoms with Crippen LogP contribution in [0.1, 0.15) is 11.5 Å². The van der Waals surface area contributed by atoms with Gasteiger partial charge >= 0.3 is 0 Å². The normalized spacial score (nSPS) is 11.1. The fourth-order valence-corrected chi connectivity index (χ4v) is 4.45. The van der Waals surface area contributed by atoms with Crippen molar-refractivity contribution >= 4 is 23.1 Å². The summed E-state index contributed by atoms with van der Waals surface area (Å²) in [6.07, 6.45) is 3.53. The van der Waals surface area contributed by atoms with E-state index in [4.69, 9.17) is 4.52 Å². The zero-order valence-electron chi connectivity index (χ0n) is 16.0. The van der Waals surface area contributed by atoms with E-state index in [2.05, 4.69) is 44.4 Å². The molecule has 148 valence electrons. The number of nitrogens with zero attached hydrogens (tertiary/aromatic N) is 6. The van der Waals surface area contributed by atoms with E-state index in [0.29, 0.717) is 17.5 Å². The topological polar surface area (TPSA) is 82.5 Å². The Bertz CT molecular complexity index is 1260. The largest absolute Gasteiger partial charge is 0.338 e. The smallest absolute Gasteiger partial charge is 0.237 e. The molecule has 0 atom stereocenters. The van der Waals surface area contributed by atoms with Crippen molar-refractivity contribution in [2.75, 3.05) is 0 Å². The van der Waals surface area contributed by atoms with Crippen LogP contribution in [-0.4, -0.2) is 29.9 Å². The van der Waals surface area contributed by atoms with Gasteiger partial charge in [0.2, 0.25) is 11.7 Å². The van der Waals surface area contributed by atoms with Gasteiger partial charge in [-0.15, -0.1) is 21.5 Å². The van der Waals surface area contributed by atoms with Crippen molar-refractivity contribution in [1.29, 1.82) is 0 Å². The predicted octanol–water partition coefficient (Wildman–Crippen LogP) is 5.04. The van der Waals surface area contributed by atoms with E-state index in [1.165, 1.54) is 11.8 Å². The maximum atomic E-state index is 5.43. The van der Waals surface area contributed by atoms with Crippen molar-refractivity contribution < 1.29 is 4.52 Å². The number of rotatable bonds is 6. The summed E-state index contributed by atoms with van der Waals surface area (Å²) in [6.45, 7) is 2.07. The molecule has 9 heteroatoms. The molecule has 0 aliphatic carbocycles. The molecule has 1 aromatic carbocycles. The first-order valence-corrected chi connectivity index (χ1v) is 11.1. The minimum absolute atomic E-state index is 0.495. The fourth-order valence-electron chi connectivity index (χ4n) is 3.02. The van der Waals surface area contributed by atoms with E-state index in [1.807, 2.05) is 46.3 Å². The zero-order valence-corrected chi connectivity index (χ0v) is 17.6. The van der Waals surface area contributed by atoms with Crippen LogP contribution in [0.3, 0.4) is 0 Å². The quantitative estimate of drug-likeness (QED) is 0.348. The zero-order chi connectivity index (χ0) is 20.3. The van der Waals surface area contributed by atoms with Gasteiger partial charge in [-0.2, -0.15) is 4.98 Å². The van der Waals surface area contributed by atoms with Crippen LogP contribution in [0.5, 0.6) is 0 Å². The van der Waals surface area contributed by atoms with Gasteiger partial charge < -0.3 is 4.52 Å². The number of aryl methyl sites for hydroxylation is 1. The molecule has 0 aliphatic heterocycles. The lowest BCUT2D eigenvalue weighted by molar-refractivity contribution is 0.391. The molecule has 30 heavy (non-hydrogen) atoms. The first kappa shape index (κ1) is 18.7. The van der Waals surface area contributed by atoms with Gasteiger partial charge in [-0.3, -0.25) is 9.55 Å². The van der Waals surface area contributed by atoms with E-state index in [-0.39, 0.29) is 0 Å². The second-order valence-corrected chi connectivity index (χ2v) is 8.34. The Morgan fingerprint density at radius 1 is 1.07 bits per heavy atom. The average Bonchev–Trinajstić information content (AvgIpc) is 3.53. The van der Waals surface area contributed by atoms with Crippen molar-refractivity contribution in [3.8, 4) is 27.8 Å². The molecule has 0 saturated carbocycles. The maximum Gasteiger partial charge on any atom is 0.237 e. The summed E-state index contributed by atoms with van der Waals surface area (Å²) in [5.41, 5.74) is 3.05. The summed E-state index contributed by atoms with van der Waals surface area (Å²) >= 11 is 3.09. The van der Waals surface area contributed by atoms with Crippen LogP contribution in [0.25, 0.3) is 27.8 Å². The molecule has 0 fully saturated rings. The third kappa shape index (κ3) is 3.64. The average molecular weight is 433 g/mol. The second kappa shape index (κ2) is 8.21. The third-order valence-electron chi connectivity index (χ3n) is 4.44. The number of para-hydroxylation sites is 1. The molecule has 0 radical (unpaired) electrons. The van der Waals surface area contributed by atoms with Crippen molar-refractivity contribution in [1.82, 2.24) is 29.9 Å². The number of aromatic nitrogens is 6. The molecule has 0 unspecified atom stereocenters. The molecule has 0 saturated heterocycles. The molecule has 5 rings (SSSR count). The second-order valence-electron chi connectivity index (χ2n) is 6.45. The molecular formula is C21H16N6OS2. The first-order valence-electron chi connectivity index (χ1n) is 9.20. The van der Waals surface area contributed by atoms with Gasteiger partial charge in [0, 0.05) is 18.0 Å². The molecule has 0 amide bonds. The lowest BCUT2D eigenvalue weighted by Gasteiger charge is -2.12. The summed E-state index contributed by atoms with van der Waals surface area (Å²) in [5.74, 6) is 2.39. The van der Waals surface area contributed by atoms with Gasteiger partial charge in [-0.1, -0.05) is 41.2 Å². The summed E-state index contributed by atoms with van der Waals surface area (Å²) in [6, 6.07) is 16.0. The minimum atomic E-state index is 0.495. The molecule has 0 spiro atoms. The molecule has 7 nitrogen and oxygen atoms in total. The summed E-state index contributed by atoms with van der Waals surface area (Å²) < 4.78 is 7.48. The van der Waals surface area contributed by atoms with Crippen LogP contribution in [-0.2, 0) is 5.75 Å². The van der Waals surface area contributed by atoms with Gasteiger partial charge in [0.15, 0.2) is 11.0 Å². The number of pyridine rings is 1. The fraction of sp³-hybridized carbons (Fsp3) is 0.0952. The molecule has 5 aromatic rings. The molecular weight excluding hydrogens is 416 g/mol. The molecule has 4 heterocycles. The van der Waals surface area contributed by atoms with Gasteiger partial charge in [-0.25, -0.2) is 0 Å². The van der Waals surface area contributed by atoms with E-state index < -0.39 is 0 Å². The molecule has 0 N–H and O–H groups in total. The van der Waals surface area contributed by atoms with Crippen LogP contribution in [0, 0.1) is 6.92 Å². The van der Waals surface area contributed by atoms with Gasteiger partial charge in [-0.05, 0) is 42.1 Å². The highest BCUT2D eigenvalue weighted by Crippen LogP contribution is 2.31. The van der Waals surface area contributed by atoms with Crippen molar-refractivity contribution in [3.63, 3.8) is 0 Å². The first-order chi connectivity index (χ1) is 14.8. The lowest BCUT2D eigenvalue weighted by atomic mass is 10.2. The van der Waals surface area contributed by atoms with E-state index in [0.717, 1.165) is 32.7 Å². The van der Waals surface area contributed by atoms with Gasteiger partial charge in [0.1, 0.15) is 0 Å². The Labute approximate surface area is 180 Å². The Kier molecular flexibility index (Phi) is 5.12. The number of thioether (sulfide) groups is 1. The maximum absolute atomic E-state index is 5.43. The number of hydrogen-bond donors (Lipinski definition) is 0. The third-order valence-corrected chi connectivity index (χ3v) is 6.22. The van der Waals surface area contributed by atoms with Crippen LogP contribution in [0.4, 0.5) is 0 Å². The standard InChI is InChI=1S/C21H16N6OS2/c1-14-6-2-3-8-16(14)27-20(15-7-4-10-22-12-15)24-25-21(27)30-13-18-23-19(26-28-18)17-9-5-11-29-17/h2-12H,13H2,1H3. The van der Waals surface area contributed by atoms with E-state index in [1.54, 1.807) is 23.7 Å². The Balaban J connectivity index is 1.48. The van der Waals surface area contributed by atoms with Crippen molar-refractivity contribution in [2.24, 2.45) is 0 Å². The van der Waals surface area contributed by atoms with Gasteiger partial charge in [0.05, 0.1) is 16.3 Å². The van der Waals surface area contributed by atoms with E-state index in [9.17, 15) is 0 Å². The predicted molar refractivity (Wildman–Crippen MR) is 116 cm³/mol. The molecule has 0 aliphatic rings. The number of hydrogen-bond acceptors (Lipinski definition) is 8. The van der Waals surface area contributed by atoms with Crippen molar-refractivity contribution in [2.45, 2.75) is 17.8 Å². The van der Waals surface area contributed by atoms with Crippen LogP contribution >= 0.6 is 23.1 Å². The Hall–Kier alpha value is -3.30. The van der Waals surface area contributed by atoms with Crippen LogP contribution < -0.4 is 0 Å². The van der Waals surface area contributed by atoms with Crippen molar-refractivity contribution in [3.05, 3.63) is 77.8 Å². The van der Waals surface area contributed by atoms with E-state index >= 15 is 0 Å². The highest BCUT2D eigenvalue weighted by molar-refractivity contribution is 7.98. The molecule has 4 aromatic heterocycles. The number of thiophene rings is 1. The van der Waals surface area contributed by atoms with Crippen LogP contribution in [0.2, 0.25) is 0 Å². The number of benzene rings is 1. The Morgan fingerprint density at radius 3 is 2.80 bits per heavy atom. The van der Waals surface area contributed by atoms with Crippen LogP contribution in [0.15, 0.2) is 76.0 Å². The summed E-state index contributed by atoms with van der Waals surface area (Å²) in [5, 5.41) is 15.7. The summed E-state index contributed by atoms with van der Waals surface area (Å²) in [7, 11) is 0. The highest BCUT2D eigenvalue weighted by atomic mass is 32.2. The monoisotopic (exact) mass is 432 g/mol. The highest BCUT2D eigenvalue weighted by Gasteiger charge is 2.19. The lowest BCUT2D eigenvalue weighted by Crippen LogP contribution is -2.02. The van der Waals surface area contributed by atoms with Gasteiger partial charge in [0.25, 0.3) is 0 Å². The SMILES string of the molecule is Cc1ccccc1-n1c(SCc2nc(-c3cccs3)no2)nnc1-c1cccnc1. The molecule has 0 bridgehead atoms.